The van der Waals surface area contributed by atoms with Gasteiger partial charge in [0.25, 0.3) is 0 Å². The van der Waals surface area contributed by atoms with Gasteiger partial charge in [-0.1, -0.05) is 26.7 Å². The number of hydrazine groups is 1. The fourth-order valence-electron chi connectivity index (χ4n) is 1.59. The summed E-state index contributed by atoms with van der Waals surface area (Å²) in [6.07, 6.45) is 4.73. The van der Waals surface area contributed by atoms with Crippen molar-refractivity contribution in [1.29, 1.82) is 0 Å². The highest BCUT2D eigenvalue weighted by atomic mass is 16.5. The predicted molar refractivity (Wildman–Crippen MR) is 56.3 cm³/mol. The molecule has 0 aliphatic carbocycles. The van der Waals surface area contributed by atoms with Crippen LogP contribution in [0.3, 0.4) is 0 Å². The zero-order valence-corrected chi connectivity index (χ0v) is 9.18. The molecule has 2 unspecified atom stereocenters. The number of ether oxygens (including phenoxy) is 1. The van der Waals surface area contributed by atoms with Crippen molar-refractivity contribution in [3.63, 3.8) is 0 Å². The molecule has 0 aromatic carbocycles. The van der Waals surface area contributed by atoms with Gasteiger partial charge in [0.05, 0.1) is 6.10 Å². The summed E-state index contributed by atoms with van der Waals surface area (Å²) in [5, 5.41) is 0. The summed E-state index contributed by atoms with van der Waals surface area (Å²) in [5.41, 5.74) is 2.85. The molecule has 0 fully saturated rings. The van der Waals surface area contributed by atoms with Gasteiger partial charge in [-0.05, 0) is 19.8 Å². The van der Waals surface area contributed by atoms with Crippen molar-refractivity contribution < 1.29 is 4.74 Å². The average molecular weight is 188 g/mol. The molecule has 0 saturated heterocycles. The minimum Gasteiger partial charge on any atom is -0.377 e. The Hall–Kier alpha value is -0.120. The van der Waals surface area contributed by atoms with E-state index in [1.54, 1.807) is 0 Å². The third kappa shape index (κ3) is 5.24. The standard InChI is InChI=1S/C10H24N2O/c1-4-7-9(12-11)10(8-5-2)13-6-3/h9-10,12H,4-8,11H2,1-3H3. The van der Waals surface area contributed by atoms with E-state index in [9.17, 15) is 0 Å². The largest absolute Gasteiger partial charge is 0.377 e. The number of nitrogens with two attached hydrogens (primary N) is 1. The van der Waals surface area contributed by atoms with E-state index in [2.05, 4.69) is 19.3 Å². The molecule has 0 radical (unpaired) electrons. The molecule has 3 N–H and O–H groups in total. The Morgan fingerprint density at radius 1 is 1.15 bits per heavy atom. The van der Waals surface area contributed by atoms with Crippen LogP contribution in [0.2, 0.25) is 0 Å². The van der Waals surface area contributed by atoms with Crippen LogP contribution < -0.4 is 11.3 Å². The van der Waals surface area contributed by atoms with E-state index >= 15 is 0 Å². The summed E-state index contributed by atoms with van der Waals surface area (Å²) in [5.74, 6) is 5.49. The van der Waals surface area contributed by atoms with Gasteiger partial charge in [0.1, 0.15) is 0 Å². The predicted octanol–water partition coefficient (Wildman–Crippen LogP) is 1.82. The van der Waals surface area contributed by atoms with Crippen molar-refractivity contribution in [2.75, 3.05) is 6.61 Å². The van der Waals surface area contributed by atoms with Crippen molar-refractivity contribution in [2.45, 2.75) is 58.6 Å². The summed E-state index contributed by atoms with van der Waals surface area (Å²) < 4.78 is 5.65. The molecule has 0 aromatic heterocycles. The lowest BCUT2D eigenvalue weighted by Gasteiger charge is -2.25. The van der Waals surface area contributed by atoms with Gasteiger partial charge in [-0.15, -0.1) is 0 Å². The molecule has 0 spiro atoms. The minimum atomic E-state index is 0.278. The maximum atomic E-state index is 5.65. The van der Waals surface area contributed by atoms with E-state index in [-0.39, 0.29) is 6.10 Å². The minimum absolute atomic E-state index is 0.278. The third-order valence-electron chi connectivity index (χ3n) is 2.22. The van der Waals surface area contributed by atoms with Gasteiger partial charge in [-0.25, -0.2) is 0 Å². The van der Waals surface area contributed by atoms with E-state index < -0.39 is 0 Å². The Kier molecular flexibility index (Phi) is 8.40. The Morgan fingerprint density at radius 3 is 2.15 bits per heavy atom. The van der Waals surface area contributed by atoms with Gasteiger partial charge in [0.15, 0.2) is 0 Å². The van der Waals surface area contributed by atoms with Crippen LogP contribution >= 0.6 is 0 Å². The SMILES string of the molecule is CCCC(NN)C(CCC)OCC. The van der Waals surface area contributed by atoms with E-state index in [1.807, 2.05) is 6.92 Å². The smallest absolute Gasteiger partial charge is 0.0741 e. The van der Waals surface area contributed by atoms with Crippen molar-refractivity contribution in [3.05, 3.63) is 0 Å². The summed E-state index contributed by atoms with van der Waals surface area (Å²) in [4.78, 5) is 0. The molecule has 13 heavy (non-hydrogen) atoms. The fourth-order valence-corrected chi connectivity index (χ4v) is 1.59. The molecular weight excluding hydrogens is 164 g/mol. The molecular formula is C10H24N2O. The van der Waals surface area contributed by atoms with Crippen molar-refractivity contribution in [3.8, 4) is 0 Å². The van der Waals surface area contributed by atoms with Crippen molar-refractivity contribution >= 4 is 0 Å². The second-order valence-corrected chi connectivity index (χ2v) is 3.34. The lowest BCUT2D eigenvalue weighted by molar-refractivity contribution is 0.0257. The van der Waals surface area contributed by atoms with Gasteiger partial charge >= 0.3 is 0 Å². The third-order valence-corrected chi connectivity index (χ3v) is 2.22. The molecule has 0 bridgehead atoms. The lowest BCUT2D eigenvalue weighted by atomic mass is 10.0. The second-order valence-electron chi connectivity index (χ2n) is 3.34. The molecule has 0 aromatic rings. The first-order chi connectivity index (χ1) is 6.29. The molecule has 0 aliphatic rings. The highest BCUT2D eigenvalue weighted by Crippen LogP contribution is 2.11. The van der Waals surface area contributed by atoms with Crippen LogP contribution in [0.4, 0.5) is 0 Å². The van der Waals surface area contributed by atoms with Gasteiger partial charge in [-0.2, -0.15) is 0 Å². The van der Waals surface area contributed by atoms with Crippen molar-refractivity contribution in [2.24, 2.45) is 5.84 Å². The number of rotatable bonds is 8. The van der Waals surface area contributed by atoms with E-state index in [4.69, 9.17) is 10.6 Å². The average Bonchev–Trinajstić information content (AvgIpc) is 2.14. The Bertz CT molecular complexity index is 103. The number of hydrogen-bond donors (Lipinski definition) is 2. The van der Waals surface area contributed by atoms with E-state index in [0.717, 1.165) is 32.3 Å². The van der Waals surface area contributed by atoms with Gasteiger partial charge < -0.3 is 4.74 Å². The molecule has 0 rings (SSSR count). The van der Waals surface area contributed by atoms with Crippen LogP contribution in [0.5, 0.6) is 0 Å². The molecule has 0 heterocycles. The number of nitrogens with one attached hydrogen (secondary N) is 1. The van der Waals surface area contributed by atoms with Gasteiger partial charge in [0.2, 0.25) is 0 Å². The quantitative estimate of drug-likeness (QED) is 0.451. The summed E-state index contributed by atoms with van der Waals surface area (Å²) in [7, 11) is 0. The van der Waals surface area contributed by atoms with E-state index in [1.165, 1.54) is 0 Å². The van der Waals surface area contributed by atoms with Crippen molar-refractivity contribution in [1.82, 2.24) is 5.43 Å². The van der Waals surface area contributed by atoms with Gasteiger partial charge in [-0.3, -0.25) is 11.3 Å². The zero-order chi connectivity index (χ0) is 10.1. The Labute approximate surface area is 82.0 Å². The Balaban J connectivity index is 3.94. The van der Waals surface area contributed by atoms with Crippen LogP contribution in [-0.2, 0) is 4.74 Å². The first-order valence-electron chi connectivity index (χ1n) is 5.37. The van der Waals surface area contributed by atoms with Crippen LogP contribution in [0.1, 0.15) is 46.5 Å². The van der Waals surface area contributed by atoms with Crippen LogP contribution in [0.25, 0.3) is 0 Å². The van der Waals surface area contributed by atoms with Crippen LogP contribution in [0, 0.1) is 0 Å². The molecule has 3 heteroatoms. The molecule has 0 saturated carbocycles. The summed E-state index contributed by atoms with van der Waals surface area (Å²) in [6, 6.07) is 0.310. The zero-order valence-electron chi connectivity index (χ0n) is 9.18. The molecule has 2 atom stereocenters. The molecule has 80 valence electrons. The van der Waals surface area contributed by atoms with Crippen LogP contribution in [0.15, 0.2) is 0 Å². The molecule has 0 aliphatic heterocycles. The maximum Gasteiger partial charge on any atom is 0.0741 e. The molecule has 0 amide bonds. The topological polar surface area (TPSA) is 47.3 Å². The number of hydrogen-bond acceptors (Lipinski definition) is 3. The Morgan fingerprint density at radius 2 is 1.77 bits per heavy atom. The lowest BCUT2D eigenvalue weighted by Crippen LogP contribution is -2.45. The maximum absolute atomic E-state index is 5.65. The highest BCUT2D eigenvalue weighted by molar-refractivity contribution is 4.74. The highest BCUT2D eigenvalue weighted by Gasteiger charge is 2.18. The summed E-state index contributed by atoms with van der Waals surface area (Å²) >= 11 is 0. The second kappa shape index (κ2) is 8.48. The first kappa shape index (κ1) is 12.9. The molecule has 3 nitrogen and oxygen atoms in total. The first-order valence-corrected chi connectivity index (χ1v) is 5.37. The van der Waals surface area contributed by atoms with Gasteiger partial charge in [0, 0.05) is 12.6 Å². The normalized spacial score (nSPS) is 15.7. The monoisotopic (exact) mass is 188 g/mol. The van der Waals surface area contributed by atoms with E-state index in [0.29, 0.717) is 6.04 Å². The fraction of sp³-hybridized carbons (Fsp3) is 1.00. The van der Waals surface area contributed by atoms with Crippen LogP contribution in [-0.4, -0.2) is 18.8 Å². The summed E-state index contributed by atoms with van der Waals surface area (Å²) in [6.45, 7) is 7.14.